The zero-order valence-electron chi connectivity index (χ0n) is 17.7. The van der Waals surface area contributed by atoms with E-state index in [9.17, 15) is 0 Å². The first-order chi connectivity index (χ1) is 12.1. The molecule has 0 aromatic rings. The molecule has 0 spiro atoms. The first-order valence-corrected chi connectivity index (χ1v) is 11.0. The van der Waals surface area contributed by atoms with Crippen molar-refractivity contribution in [2.45, 2.75) is 78.2 Å². The Morgan fingerprint density at radius 1 is 0.800 bits per heavy atom. The standard InChI is InChI=1S/C21H46N4/c1-5-14-24(15-6-2)18-11-21(22,20-9-12-23-13-10-20)19-25(16-7-3)17-8-4/h20,23H,5-19,22H2,1-4H3. The van der Waals surface area contributed by atoms with Crippen molar-refractivity contribution >= 4 is 0 Å². The van der Waals surface area contributed by atoms with E-state index in [0.717, 1.165) is 32.6 Å². The van der Waals surface area contributed by atoms with Gasteiger partial charge in [-0.1, -0.05) is 27.7 Å². The maximum atomic E-state index is 7.18. The highest BCUT2D eigenvalue weighted by Crippen LogP contribution is 2.29. The molecule has 0 saturated carbocycles. The molecule has 1 unspecified atom stereocenters. The number of rotatable bonds is 14. The molecule has 1 fully saturated rings. The number of piperidine rings is 1. The molecule has 4 nitrogen and oxygen atoms in total. The van der Waals surface area contributed by atoms with Gasteiger partial charge in [0.2, 0.25) is 0 Å². The van der Waals surface area contributed by atoms with E-state index in [1.54, 1.807) is 0 Å². The maximum absolute atomic E-state index is 7.18. The normalized spacial score (nSPS) is 18.8. The van der Waals surface area contributed by atoms with Gasteiger partial charge in [-0.15, -0.1) is 0 Å². The highest BCUT2D eigenvalue weighted by molar-refractivity contribution is 4.96. The molecule has 4 heteroatoms. The highest BCUT2D eigenvalue weighted by atomic mass is 15.2. The maximum Gasteiger partial charge on any atom is 0.0325 e. The highest BCUT2D eigenvalue weighted by Gasteiger charge is 2.37. The fourth-order valence-corrected chi connectivity index (χ4v) is 4.46. The summed E-state index contributed by atoms with van der Waals surface area (Å²) >= 11 is 0. The SMILES string of the molecule is CCCN(CCC)CCC(N)(CN(CCC)CCC)C1CCNCC1. The minimum atomic E-state index is -0.0355. The molecule has 0 radical (unpaired) electrons. The number of hydrogen-bond acceptors (Lipinski definition) is 4. The van der Waals surface area contributed by atoms with Crippen LogP contribution in [-0.2, 0) is 0 Å². The molecule has 1 rings (SSSR count). The van der Waals surface area contributed by atoms with Crippen molar-refractivity contribution in [1.82, 2.24) is 15.1 Å². The van der Waals surface area contributed by atoms with Crippen LogP contribution in [0.3, 0.4) is 0 Å². The average Bonchev–Trinajstić information content (AvgIpc) is 2.61. The Morgan fingerprint density at radius 2 is 1.28 bits per heavy atom. The summed E-state index contributed by atoms with van der Waals surface area (Å²) in [6.45, 7) is 18.5. The van der Waals surface area contributed by atoms with Crippen molar-refractivity contribution in [3.8, 4) is 0 Å². The van der Waals surface area contributed by atoms with E-state index in [1.807, 2.05) is 0 Å². The van der Waals surface area contributed by atoms with Gasteiger partial charge in [0.25, 0.3) is 0 Å². The Morgan fingerprint density at radius 3 is 1.76 bits per heavy atom. The molecule has 1 heterocycles. The molecule has 1 atom stereocenters. The Kier molecular flexibility index (Phi) is 12.0. The summed E-state index contributed by atoms with van der Waals surface area (Å²) in [5, 5.41) is 3.52. The van der Waals surface area contributed by atoms with Crippen LogP contribution < -0.4 is 11.1 Å². The second kappa shape index (κ2) is 13.1. The van der Waals surface area contributed by atoms with E-state index >= 15 is 0 Å². The lowest BCUT2D eigenvalue weighted by Gasteiger charge is -2.44. The third kappa shape index (κ3) is 8.38. The van der Waals surface area contributed by atoms with Crippen LogP contribution in [0.5, 0.6) is 0 Å². The van der Waals surface area contributed by atoms with Gasteiger partial charge in [0.1, 0.15) is 0 Å². The molecule has 0 aliphatic carbocycles. The van der Waals surface area contributed by atoms with Crippen LogP contribution >= 0.6 is 0 Å². The molecule has 0 aromatic heterocycles. The lowest BCUT2D eigenvalue weighted by atomic mass is 9.76. The Labute approximate surface area is 157 Å². The molecule has 3 N–H and O–H groups in total. The number of nitrogens with one attached hydrogen (secondary N) is 1. The van der Waals surface area contributed by atoms with Crippen molar-refractivity contribution in [1.29, 1.82) is 0 Å². The number of nitrogens with two attached hydrogens (primary N) is 1. The van der Waals surface area contributed by atoms with Crippen molar-refractivity contribution in [2.24, 2.45) is 11.7 Å². The topological polar surface area (TPSA) is 44.5 Å². The summed E-state index contributed by atoms with van der Waals surface area (Å²) in [7, 11) is 0. The fraction of sp³-hybridized carbons (Fsp3) is 1.00. The molecule has 1 aliphatic rings. The van der Waals surface area contributed by atoms with Crippen molar-refractivity contribution < 1.29 is 0 Å². The Hall–Kier alpha value is -0.160. The van der Waals surface area contributed by atoms with Crippen LogP contribution in [0.4, 0.5) is 0 Å². The molecular formula is C21H46N4. The van der Waals surface area contributed by atoms with Gasteiger partial charge in [0.15, 0.2) is 0 Å². The van der Waals surface area contributed by atoms with Gasteiger partial charge < -0.3 is 20.9 Å². The van der Waals surface area contributed by atoms with Crippen molar-refractivity contribution in [2.75, 3.05) is 52.4 Å². The van der Waals surface area contributed by atoms with Crippen LogP contribution in [-0.4, -0.2) is 67.7 Å². The first-order valence-electron chi connectivity index (χ1n) is 11.0. The van der Waals surface area contributed by atoms with Crippen LogP contribution in [0.1, 0.15) is 72.6 Å². The summed E-state index contributed by atoms with van der Waals surface area (Å²) in [4.78, 5) is 5.26. The van der Waals surface area contributed by atoms with Gasteiger partial charge in [-0.3, -0.25) is 0 Å². The van der Waals surface area contributed by atoms with Crippen LogP contribution in [0.25, 0.3) is 0 Å². The lowest BCUT2D eigenvalue weighted by molar-refractivity contribution is 0.113. The van der Waals surface area contributed by atoms with E-state index in [1.165, 1.54) is 64.7 Å². The predicted octanol–water partition coefficient (Wildman–Crippen LogP) is 3.32. The van der Waals surface area contributed by atoms with E-state index in [4.69, 9.17) is 5.73 Å². The van der Waals surface area contributed by atoms with E-state index in [2.05, 4.69) is 42.8 Å². The van der Waals surface area contributed by atoms with Gasteiger partial charge in [-0.05, 0) is 96.7 Å². The first kappa shape index (κ1) is 22.9. The minimum Gasteiger partial charge on any atom is -0.324 e. The fourth-order valence-electron chi connectivity index (χ4n) is 4.46. The smallest absolute Gasteiger partial charge is 0.0325 e. The van der Waals surface area contributed by atoms with Crippen molar-refractivity contribution in [3.05, 3.63) is 0 Å². The lowest BCUT2D eigenvalue weighted by Crippen LogP contribution is -2.59. The van der Waals surface area contributed by atoms with E-state index in [0.29, 0.717) is 5.92 Å². The van der Waals surface area contributed by atoms with E-state index in [-0.39, 0.29) is 5.54 Å². The van der Waals surface area contributed by atoms with Gasteiger partial charge in [-0.2, -0.15) is 0 Å². The van der Waals surface area contributed by atoms with Crippen LogP contribution in [0.15, 0.2) is 0 Å². The van der Waals surface area contributed by atoms with Gasteiger partial charge in [-0.25, -0.2) is 0 Å². The second-order valence-electron chi connectivity index (χ2n) is 8.13. The summed E-state index contributed by atoms with van der Waals surface area (Å²) in [6, 6.07) is 0. The van der Waals surface area contributed by atoms with Crippen LogP contribution in [0, 0.1) is 5.92 Å². The molecule has 1 saturated heterocycles. The Balaban J connectivity index is 2.77. The van der Waals surface area contributed by atoms with Gasteiger partial charge >= 0.3 is 0 Å². The van der Waals surface area contributed by atoms with Gasteiger partial charge in [0.05, 0.1) is 0 Å². The third-order valence-corrected chi connectivity index (χ3v) is 5.72. The summed E-state index contributed by atoms with van der Waals surface area (Å²) in [5.74, 6) is 0.662. The molecule has 1 aliphatic heterocycles. The molecule has 0 aromatic carbocycles. The molecule has 0 amide bonds. The Bertz CT molecular complexity index is 305. The van der Waals surface area contributed by atoms with E-state index < -0.39 is 0 Å². The third-order valence-electron chi connectivity index (χ3n) is 5.72. The molecule has 0 bridgehead atoms. The molecule has 150 valence electrons. The largest absolute Gasteiger partial charge is 0.324 e. The zero-order valence-corrected chi connectivity index (χ0v) is 17.7. The second-order valence-corrected chi connectivity index (χ2v) is 8.13. The number of nitrogens with zero attached hydrogens (tertiary/aromatic N) is 2. The summed E-state index contributed by atoms with van der Waals surface area (Å²) in [5.41, 5.74) is 7.14. The molecular weight excluding hydrogens is 308 g/mol. The number of hydrogen-bond donors (Lipinski definition) is 2. The van der Waals surface area contributed by atoms with Crippen molar-refractivity contribution in [3.63, 3.8) is 0 Å². The van der Waals surface area contributed by atoms with Gasteiger partial charge in [0, 0.05) is 12.1 Å². The quantitative estimate of drug-likeness (QED) is 0.502. The average molecular weight is 355 g/mol. The summed E-state index contributed by atoms with van der Waals surface area (Å²) < 4.78 is 0. The monoisotopic (exact) mass is 354 g/mol. The predicted molar refractivity (Wildman–Crippen MR) is 111 cm³/mol. The van der Waals surface area contributed by atoms with Crippen LogP contribution in [0.2, 0.25) is 0 Å². The summed E-state index contributed by atoms with van der Waals surface area (Å²) in [6.07, 6.45) is 8.54. The minimum absolute atomic E-state index is 0.0355. The molecule has 25 heavy (non-hydrogen) atoms. The zero-order chi connectivity index (χ0) is 18.5.